The molecule has 0 fully saturated rings. The van der Waals surface area contributed by atoms with Crippen LogP contribution < -0.4 is 10.5 Å². The summed E-state index contributed by atoms with van der Waals surface area (Å²) in [5.74, 6) is 0. The maximum Gasteiger partial charge on any atom is 0.279 e. The molecular formula is C10H12N4O2S. The summed E-state index contributed by atoms with van der Waals surface area (Å²) in [7, 11) is -3.65. The van der Waals surface area contributed by atoms with E-state index in [1.165, 1.54) is 12.5 Å². The number of anilines is 2. The van der Waals surface area contributed by atoms with Crippen molar-refractivity contribution in [2.75, 3.05) is 10.5 Å². The molecule has 1 aromatic heterocycles. The molecule has 6 nitrogen and oxygen atoms in total. The van der Waals surface area contributed by atoms with Gasteiger partial charge < -0.3 is 10.7 Å². The highest BCUT2D eigenvalue weighted by Crippen LogP contribution is 2.22. The molecule has 7 heteroatoms. The van der Waals surface area contributed by atoms with Gasteiger partial charge in [-0.2, -0.15) is 8.42 Å². The van der Waals surface area contributed by atoms with Crippen LogP contribution in [0.2, 0.25) is 0 Å². The second kappa shape index (κ2) is 4.10. The van der Waals surface area contributed by atoms with E-state index in [1.807, 2.05) is 6.92 Å². The van der Waals surface area contributed by atoms with Crippen LogP contribution in [-0.2, 0) is 10.0 Å². The summed E-state index contributed by atoms with van der Waals surface area (Å²) in [6.45, 7) is 1.88. The molecule has 4 N–H and O–H groups in total. The number of hydrogen-bond acceptors (Lipinski definition) is 4. The number of benzene rings is 1. The normalized spacial score (nSPS) is 11.4. The lowest BCUT2D eigenvalue weighted by atomic mass is 10.2. The van der Waals surface area contributed by atoms with Gasteiger partial charge in [-0.3, -0.25) is 4.72 Å². The number of hydrogen-bond donors (Lipinski definition) is 3. The Balaban J connectivity index is 2.33. The van der Waals surface area contributed by atoms with Gasteiger partial charge in [0.2, 0.25) is 0 Å². The van der Waals surface area contributed by atoms with Crippen molar-refractivity contribution < 1.29 is 8.42 Å². The van der Waals surface area contributed by atoms with E-state index in [4.69, 9.17) is 5.73 Å². The molecule has 2 aromatic rings. The first-order valence-corrected chi connectivity index (χ1v) is 6.35. The van der Waals surface area contributed by atoms with Gasteiger partial charge in [0.05, 0.1) is 23.9 Å². The molecule has 90 valence electrons. The highest BCUT2D eigenvalue weighted by molar-refractivity contribution is 7.92. The van der Waals surface area contributed by atoms with Gasteiger partial charge in [0.1, 0.15) is 0 Å². The van der Waals surface area contributed by atoms with Gasteiger partial charge in [-0.1, -0.05) is 6.07 Å². The van der Waals surface area contributed by atoms with Crippen molar-refractivity contribution >= 4 is 21.4 Å². The summed E-state index contributed by atoms with van der Waals surface area (Å²) >= 11 is 0. The van der Waals surface area contributed by atoms with Gasteiger partial charge in [-0.15, -0.1) is 0 Å². The van der Waals surface area contributed by atoms with Crippen LogP contribution in [0.4, 0.5) is 11.4 Å². The zero-order valence-corrected chi connectivity index (χ0v) is 9.95. The van der Waals surface area contributed by atoms with Gasteiger partial charge in [-0.25, -0.2) is 4.98 Å². The monoisotopic (exact) mass is 252 g/mol. The van der Waals surface area contributed by atoms with Crippen molar-refractivity contribution in [3.05, 3.63) is 36.3 Å². The number of nitrogens with zero attached hydrogens (tertiary/aromatic N) is 1. The quantitative estimate of drug-likeness (QED) is 0.712. The van der Waals surface area contributed by atoms with Crippen LogP contribution in [0.5, 0.6) is 0 Å². The molecule has 0 atom stereocenters. The smallest absolute Gasteiger partial charge is 0.279 e. The minimum atomic E-state index is -3.65. The van der Waals surface area contributed by atoms with Crippen LogP contribution in [0.25, 0.3) is 0 Å². The van der Waals surface area contributed by atoms with E-state index >= 15 is 0 Å². The lowest BCUT2D eigenvalue weighted by Crippen LogP contribution is -2.14. The van der Waals surface area contributed by atoms with E-state index in [9.17, 15) is 8.42 Å². The van der Waals surface area contributed by atoms with E-state index < -0.39 is 10.0 Å². The molecule has 0 unspecified atom stereocenters. The van der Waals surface area contributed by atoms with Crippen LogP contribution in [0.1, 0.15) is 5.56 Å². The number of nitrogen functional groups attached to an aromatic ring is 1. The van der Waals surface area contributed by atoms with Crippen molar-refractivity contribution in [1.29, 1.82) is 0 Å². The second-order valence-corrected chi connectivity index (χ2v) is 5.26. The average Bonchev–Trinajstić information content (AvgIpc) is 2.76. The maximum absolute atomic E-state index is 11.9. The Labute approximate surface area is 98.9 Å². The first-order chi connectivity index (χ1) is 7.99. The van der Waals surface area contributed by atoms with E-state index in [2.05, 4.69) is 14.7 Å². The molecule has 0 saturated carbocycles. The Kier molecular flexibility index (Phi) is 2.76. The third-order valence-corrected chi connectivity index (χ3v) is 3.50. The SMILES string of the molecule is Cc1ccc(NS(=O)(=O)c2cnc[nH]2)c(N)c1. The minimum absolute atomic E-state index is 0.00234. The van der Waals surface area contributed by atoms with Crippen LogP contribution in [0.15, 0.2) is 35.7 Å². The Morgan fingerprint density at radius 2 is 2.18 bits per heavy atom. The zero-order valence-electron chi connectivity index (χ0n) is 9.14. The van der Waals surface area contributed by atoms with Crippen molar-refractivity contribution in [3.8, 4) is 0 Å². The molecule has 1 heterocycles. The Morgan fingerprint density at radius 3 is 2.76 bits per heavy atom. The Morgan fingerprint density at radius 1 is 1.41 bits per heavy atom. The maximum atomic E-state index is 11.9. The fourth-order valence-corrected chi connectivity index (χ4v) is 2.36. The average molecular weight is 252 g/mol. The Hall–Kier alpha value is -2.02. The van der Waals surface area contributed by atoms with Crippen LogP contribution >= 0.6 is 0 Å². The van der Waals surface area contributed by atoms with E-state index in [0.717, 1.165) is 5.56 Å². The summed E-state index contributed by atoms with van der Waals surface area (Å²) in [4.78, 5) is 6.19. The summed E-state index contributed by atoms with van der Waals surface area (Å²) < 4.78 is 26.1. The summed E-state index contributed by atoms with van der Waals surface area (Å²) in [5, 5.41) is -0.00234. The Bertz CT molecular complexity index is 620. The molecule has 0 aliphatic carbocycles. The van der Waals surface area contributed by atoms with Crippen molar-refractivity contribution in [1.82, 2.24) is 9.97 Å². The number of aromatic amines is 1. The number of aryl methyl sites for hydroxylation is 1. The molecule has 1 aromatic carbocycles. The fourth-order valence-electron chi connectivity index (χ4n) is 1.36. The number of nitrogens with one attached hydrogen (secondary N) is 2. The summed E-state index contributed by atoms with van der Waals surface area (Å²) in [6.07, 6.45) is 2.53. The number of rotatable bonds is 3. The fraction of sp³-hybridized carbons (Fsp3) is 0.100. The minimum Gasteiger partial charge on any atom is -0.397 e. The van der Waals surface area contributed by atoms with Crippen LogP contribution in [0, 0.1) is 6.92 Å². The van der Waals surface area contributed by atoms with Crippen molar-refractivity contribution in [2.45, 2.75) is 11.9 Å². The number of imidazole rings is 1. The molecule has 0 spiro atoms. The first-order valence-electron chi connectivity index (χ1n) is 4.86. The molecule has 0 amide bonds. The van der Waals surface area contributed by atoms with Crippen LogP contribution in [-0.4, -0.2) is 18.4 Å². The number of aromatic nitrogens is 2. The van der Waals surface area contributed by atoms with E-state index in [1.54, 1.807) is 18.2 Å². The number of sulfonamides is 1. The molecule has 0 saturated heterocycles. The number of nitrogens with two attached hydrogens (primary N) is 1. The topological polar surface area (TPSA) is 101 Å². The van der Waals surface area contributed by atoms with Gasteiger partial charge >= 0.3 is 0 Å². The first kappa shape index (κ1) is 11.5. The van der Waals surface area contributed by atoms with Gasteiger partial charge in [0.25, 0.3) is 10.0 Å². The second-order valence-electron chi connectivity index (χ2n) is 3.61. The summed E-state index contributed by atoms with van der Waals surface area (Å²) in [6, 6.07) is 5.10. The predicted molar refractivity (Wildman–Crippen MR) is 65.0 cm³/mol. The third kappa shape index (κ3) is 2.39. The lowest BCUT2D eigenvalue weighted by Gasteiger charge is -2.09. The molecule has 0 aliphatic rings. The van der Waals surface area contributed by atoms with Gasteiger partial charge in [0.15, 0.2) is 5.03 Å². The predicted octanol–water partition coefficient (Wildman–Crippen LogP) is 1.10. The van der Waals surface area contributed by atoms with Crippen molar-refractivity contribution in [3.63, 3.8) is 0 Å². The largest absolute Gasteiger partial charge is 0.397 e. The molecule has 0 bridgehead atoms. The third-order valence-electron chi connectivity index (χ3n) is 2.21. The molecule has 2 rings (SSSR count). The lowest BCUT2D eigenvalue weighted by molar-refractivity contribution is 0.598. The molecule has 0 aliphatic heterocycles. The molecular weight excluding hydrogens is 240 g/mol. The van der Waals surface area contributed by atoms with Gasteiger partial charge in [0, 0.05) is 0 Å². The standard InChI is InChI=1S/C10H12N4O2S/c1-7-2-3-9(8(11)4-7)14-17(15,16)10-5-12-6-13-10/h2-6,14H,11H2,1H3,(H,12,13). The highest BCUT2D eigenvalue weighted by atomic mass is 32.2. The van der Waals surface area contributed by atoms with Crippen molar-refractivity contribution in [2.24, 2.45) is 0 Å². The summed E-state index contributed by atoms with van der Waals surface area (Å²) in [5.41, 5.74) is 7.43. The zero-order chi connectivity index (χ0) is 12.5. The number of H-pyrrole nitrogens is 1. The van der Waals surface area contributed by atoms with E-state index in [-0.39, 0.29) is 5.03 Å². The van der Waals surface area contributed by atoms with E-state index in [0.29, 0.717) is 11.4 Å². The van der Waals surface area contributed by atoms with Crippen LogP contribution in [0.3, 0.4) is 0 Å². The van der Waals surface area contributed by atoms with Gasteiger partial charge in [-0.05, 0) is 24.6 Å². The highest BCUT2D eigenvalue weighted by Gasteiger charge is 2.16. The molecule has 17 heavy (non-hydrogen) atoms. The molecule has 0 radical (unpaired) electrons.